The summed E-state index contributed by atoms with van der Waals surface area (Å²) in [5.74, 6) is -2.75. The number of esters is 1. The molecule has 0 radical (unpaired) electrons. The van der Waals surface area contributed by atoms with E-state index in [1.165, 1.54) is 7.11 Å². The summed E-state index contributed by atoms with van der Waals surface area (Å²) in [5, 5.41) is 13.6. The highest BCUT2D eigenvalue weighted by molar-refractivity contribution is 8.13. The quantitative estimate of drug-likeness (QED) is 0.161. The summed E-state index contributed by atoms with van der Waals surface area (Å²) in [5.41, 5.74) is -1.56. The van der Waals surface area contributed by atoms with Crippen LogP contribution >= 0.6 is 19.9 Å². The van der Waals surface area contributed by atoms with Gasteiger partial charge in [-0.1, -0.05) is 46.4 Å². The van der Waals surface area contributed by atoms with Gasteiger partial charge < -0.3 is 25.2 Å². The predicted molar refractivity (Wildman–Crippen MR) is 127 cm³/mol. The lowest BCUT2D eigenvalue weighted by Crippen LogP contribution is -2.50. The second kappa shape index (κ2) is 13.5. The van der Waals surface area contributed by atoms with Gasteiger partial charge in [0.1, 0.15) is 12.6 Å². The van der Waals surface area contributed by atoms with Crippen LogP contribution in [0.15, 0.2) is 0 Å². The number of methoxy groups -OCH3 is 1. The fraction of sp³-hybridized carbons (Fsp3) is 0.750. The minimum absolute atomic E-state index is 0.0201. The molecule has 0 bridgehead atoms. The van der Waals surface area contributed by atoms with E-state index in [0.29, 0.717) is 0 Å². The van der Waals surface area contributed by atoms with Crippen LogP contribution in [0.3, 0.4) is 0 Å². The van der Waals surface area contributed by atoms with Crippen LogP contribution in [0.25, 0.3) is 0 Å². The first-order valence-electron chi connectivity index (χ1n) is 10.8. The molecule has 1 aliphatic rings. The Bertz CT molecular complexity index is 834. The molecular formula is C20H34N2O12PS+. The molecule has 1 heterocycles. The standard InChI is InChI=1S/C20H33N2O12PS/c1-19(2,3)17(27)36-9-12(16(25)26)22-18(28)31-11-33-35(29)32-10-20(4,5)14(34-35)15(24)21-8-7-13(23)30-6/h12,14,29H,7-11H2,1-6H3,(H2-,21,22,24,25,26,28)/p+1/t12-,14-,35?/m0/s1. The Hall–Kier alpha value is -2.03. The molecule has 0 aromatic rings. The third kappa shape index (κ3) is 10.5. The van der Waals surface area contributed by atoms with E-state index in [0.717, 1.165) is 11.8 Å². The first-order chi connectivity index (χ1) is 16.5. The molecule has 14 nitrogen and oxygen atoms in total. The Morgan fingerprint density at radius 3 is 2.42 bits per heavy atom. The second-order valence-electron chi connectivity index (χ2n) is 9.40. The maximum Gasteiger partial charge on any atom is 0.576 e. The Morgan fingerprint density at radius 2 is 1.86 bits per heavy atom. The molecule has 0 aromatic carbocycles. The van der Waals surface area contributed by atoms with Crippen molar-refractivity contribution >= 4 is 49.0 Å². The molecule has 1 aliphatic heterocycles. The van der Waals surface area contributed by atoms with E-state index >= 15 is 0 Å². The van der Waals surface area contributed by atoms with Crippen molar-refractivity contribution in [2.45, 2.75) is 53.2 Å². The summed E-state index contributed by atoms with van der Waals surface area (Å²) in [4.78, 5) is 69.6. The van der Waals surface area contributed by atoms with Crippen molar-refractivity contribution in [1.82, 2.24) is 10.6 Å². The summed E-state index contributed by atoms with van der Waals surface area (Å²) in [7, 11) is -2.87. The first kappa shape index (κ1) is 32.0. The highest BCUT2D eigenvalue weighted by Gasteiger charge is 2.59. The Labute approximate surface area is 213 Å². The Kier molecular flexibility index (Phi) is 12.0. The largest absolute Gasteiger partial charge is 0.576 e. The summed E-state index contributed by atoms with van der Waals surface area (Å²) in [6.07, 6.45) is -2.47. The number of amides is 2. The summed E-state index contributed by atoms with van der Waals surface area (Å²) >= 11 is 0.759. The first-order valence-corrected chi connectivity index (χ1v) is 13.3. The SMILES string of the molecule is COC(=O)CCNC(=O)[C@@H]1O[P+](O)(OCOC(=O)N[C@@H](CSC(=O)C(C)(C)C)C(=O)O)OCC1(C)C. The van der Waals surface area contributed by atoms with Crippen molar-refractivity contribution in [3.8, 4) is 0 Å². The van der Waals surface area contributed by atoms with E-state index in [9.17, 15) is 34.0 Å². The number of alkyl carbamates (subject to hydrolysis) is 1. The molecule has 4 N–H and O–H groups in total. The normalized spacial score (nSPS) is 22.1. The Balaban J connectivity index is 2.60. The monoisotopic (exact) mass is 557 g/mol. The minimum Gasteiger partial charge on any atom is -0.480 e. The molecule has 16 heteroatoms. The Morgan fingerprint density at radius 1 is 1.22 bits per heavy atom. The summed E-state index contributed by atoms with van der Waals surface area (Å²) < 4.78 is 24.9. The van der Waals surface area contributed by atoms with Gasteiger partial charge in [-0.15, -0.1) is 9.05 Å². The zero-order chi connectivity index (χ0) is 27.7. The number of ether oxygens (including phenoxy) is 2. The van der Waals surface area contributed by atoms with Crippen molar-refractivity contribution in [3.05, 3.63) is 0 Å². The molecule has 206 valence electrons. The van der Waals surface area contributed by atoms with Gasteiger partial charge in [-0.05, 0) is 0 Å². The van der Waals surface area contributed by atoms with Crippen molar-refractivity contribution < 1.29 is 57.0 Å². The highest BCUT2D eigenvalue weighted by atomic mass is 32.2. The van der Waals surface area contributed by atoms with E-state index < -0.39 is 61.9 Å². The van der Waals surface area contributed by atoms with Gasteiger partial charge in [0.25, 0.3) is 5.91 Å². The molecule has 1 fully saturated rings. The van der Waals surface area contributed by atoms with Crippen molar-refractivity contribution in [3.63, 3.8) is 0 Å². The lowest BCUT2D eigenvalue weighted by Gasteiger charge is -2.36. The molecule has 3 atom stereocenters. The van der Waals surface area contributed by atoms with Gasteiger partial charge in [0.05, 0.1) is 13.5 Å². The lowest BCUT2D eigenvalue weighted by molar-refractivity contribution is -0.146. The topological polar surface area (TPSA) is 196 Å². The second-order valence-corrected chi connectivity index (χ2v) is 12.1. The molecule has 0 aliphatic carbocycles. The van der Waals surface area contributed by atoms with Gasteiger partial charge in [-0.2, -0.15) is 9.42 Å². The fourth-order valence-electron chi connectivity index (χ4n) is 2.46. The van der Waals surface area contributed by atoms with Crippen LogP contribution in [0.2, 0.25) is 0 Å². The number of hydrogen-bond donors (Lipinski definition) is 4. The zero-order valence-electron chi connectivity index (χ0n) is 21.0. The van der Waals surface area contributed by atoms with Crippen LogP contribution in [0, 0.1) is 10.8 Å². The summed E-state index contributed by atoms with van der Waals surface area (Å²) in [6, 6.07) is -1.42. The number of carbonyl (C=O) groups excluding carboxylic acids is 4. The maximum absolute atomic E-state index is 12.5. The molecule has 2 amide bonds. The number of thioether (sulfide) groups is 1. The number of nitrogens with one attached hydrogen (secondary N) is 2. The number of aliphatic carboxylic acids is 1. The van der Waals surface area contributed by atoms with E-state index in [-0.39, 0.29) is 30.4 Å². The van der Waals surface area contributed by atoms with Crippen LogP contribution in [0.5, 0.6) is 0 Å². The van der Waals surface area contributed by atoms with Gasteiger partial charge in [-0.3, -0.25) is 14.4 Å². The molecule has 0 aromatic heterocycles. The molecule has 1 saturated heterocycles. The van der Waals surface area contributed by atoms with Gasteiger partial charge >= 0.3 is 26.2 Å². The third-order valence-electron chi connectivity index (χ3n) is 4.63. The lowest BCUT2D eigenvalue weighted by atomic mass is 9.87. The van der Waals surface area contributed by atoms with E-state index in [2.05, 4.69) is 15.4 Å². The van der Waals surface area contributed by atoms with Crippen molar-refractivity contribution in [2.75, 3.05) is 32.8 Å². The van der Waals surface area contributed by atoms with E-state index in [1.54, 1.807) is 34.6 Å². The van der Waals surface area contributed by atoms with Crippen LogP contribution in [-0.2, 0) is 42.2 Å². The van der Waals surface area contributed by atoms with Gasteiger partial charge in [0.2, 0.25) is 6.79 Å². The van der Waals surface area contributed by atoms with Crippen LogP contribution in [0.1, 0.15) is 41.0 Å². The number of carbonyl (C=O) groups is 5. The van der Waals surface area contributed by atoms with Crippen molar-refractivity contribution in [1.29, 1.82) is 0 Å². The predicted octanol–water partition coefficient (Wildman–Crippen LogP) is 1.24. The maximum atomic E-state index is 12.5. The third-order valence-corrected chi connectivity index (χ3v) is 7.37. The molecule has 1 unspecified atom stereocenters. The molecule has 1 rings (SSSR count). The number of carboxylic acids is 1. The zero-order valence-corrected chi connectivity index (χ0v) is 22.7. The number of rotatable bonds is 11. The number of hydrogen-bond acceptors (Lipinski definition) is 12. The molecule has 0 saturated carbocycles. The van der Waals surface area contributed by atoms with E-state index in [1.807, 2.05) is 0 Å². The highest BCUT2D eigenvalue weighted by Crippen LogP contribution is 2.63. The summed E-state index contributed by atoms with van der Waals surface area (Å²) in [6.45, 7) is 7.30. The molecule has 0 spiro atoms. The van der Waals surface area contributed by atoms with E-state index in [4.69, 9.17) is 18.3 Å². The van der Waals surface area contributed by atoms with Crippen molar-refractivity contribution in [2.24, 2.45) is 10.8 Å². The van der Waals surface area contributed by atoms with Gasteiger partial charge in [0, 0.05) is 23.1 Å². The average molecular weight is 558 g/mol. The minimum atomic E-state index is -4.09. The van der Waals surface area contributed by atoms with Crippen LogP contribution in [-0.4, -0.2) is 84.0 Å². The van der Waals surface area contributed by atoms with Crippen LogP contribution < -0.4 is 10.6 Å². The fourth-order valence-corrected chi connectivity index (χ4v) is 4.97. The van der Waals surface area contributed by atoms with Gasteiger partial charge in [-0.25, -0.2) is 9.59 Å². The molecule has 36 heavy (non-hydrogen) atoms. The van der Waals surface area contributed by atoms with Crippen LogP contribution in [0.4, 0.5) is 4.79 Å². The molecular weight excluding hydrogens is 523 g/mol. The number of carboxylic acid groups (broad SMARTS) is 1. The van der Waals surface area contributed by atoms with Gasteiger partial charge in [0.15, 0.2) is 11.2 Å². The smallest absolute Gasteiger partial charge is 0.480 e. The average Bonchev–Trinajstić information content (AvgIpc) is 2.77.